The van der Waals surface area contributed by atoms with Crippen LogP contribution < -0.4 is 5.73 Å². The van der Waals surface area contributed by atoms with E-state index in [1.165, 1.54) is 25.4 Å². The lowest BCUT2D eigenvalue weighted by molar-refractivity contribution is 0.0635. The second-order valence-electron chi connectivity index (χ2n) is 4.75. The Morgan fingerprint density at radius 1 is 1.32 bits per heavy atom. The molecule has 0 fully saturated rings. The molecule has 3 nitrogen and oxygen atoms in total. The lowest BCUT2D eigenvalue weighted by Crippen LogP contribution is -2.11. The quantitative estimate of drug-likeness (QED) is 0.315. The Balaban J connectivity index is 5.77. The first-order chi connectivity index (χ1) is 10.2. The summed E-state index contributed by atoms with van der Waals surface area (Å²) in [5.74, 6) is -2.63. The zero-order chi connectivity index (χ0) is 17.3. The topological polar surface area (TPSA) is 50.7 Å². The highest BCUT2D eigenvalue weighted by Gasteiger charge is 2.22. The maximum atomic E-state index is 13.1. The summed E-state index contributed by atoms with van der Waals surface area (Å²) in [6, 6.07) is 0. The fourth-order valence-corrected chi connectivity index (χ4v) is 1.59. The number of nitrogens with zero attached hydrogens (tertiary/aromatic N) is 2. The Morgan fingerprint density at radius 2 is 1.91 bits per heavy atom. The lowest BCUT2D eigenvalue weighted by atomic mass is 10.0. The Kier molecular flexibility index (Phi) is 8.56. The maximum Gasteiger partial charge on any atom is 0.266 e. The molecule has 6 heteroatoms. The van der Waals surface area contributed by atoms with Crippen LogP contribution in [0.1, 0.15) is 27.7 Å². The molecule has 0 aliphatic carbocycles. The molecular weight excluding hydrogens is 308 g/mol. The van der Waals surface area contributed by atoms with Gasteiger partial charge in [0.2, 0.25) is 0 Å². The average Bonchev–Trinajstić information content (AvgIpc) is 2.46. The van der Waals surface area contributed by atoms with Crippen LogP contribution in [-0.2, 0) is 0 Å². The van der Waals surface area contributed by atoms with Gasteiger partial charge in [0.25, 0.3) is 5.92 Å². The number of halogens is 3. The molecule has 0 radical (unpaired) electrons. The molecule has 0 aliphatic heterocycles. The lowest BCUT2D eigenvalue weighted by Gasteiger charge is -2.12. The van der Waals surface area contributed by atoms with Crippen molar-refractivity contribution in [3.63, 3.8) is 0 Å². The number of aliphatic imine (C=N–C) groups is 2. The third-order valence-electron chi connectivity index (χ3n) is 2.93. The van der Waals surface area contributed by atoms with Crippen LogP contribution in [0.4, 0.5) is 8.78 Å². The highest BCUT2D eigenvalue weighted by molar-refractivity contribution is 6.19. The number of nitrogens with two attached hydrogens (primary N) is 1. The molecule has 0 spiro atoms. The summed E-state index contributed by atoms with van der Waals surface area (Å²) in [5, 5.41) is 0. The number of alkyl halides is 3. The normalized spacial score (nSPS) is 16.0. The summed E-state index contributed by atoms with van der Waals surface area (Å²) in [7, 11) is 0. The minimum Gasteiger partial charge on any atom is -0.398 e. The first-order valence-electron chi connectivity index (χ1n) is 6.62. The summed E-state index contributed by atoms with van der Waals surface area (Å²) >= 11 is 5.84. The van der Waals surface area contributed by atoms with Crippen LogP contribution in [0.15, 0.2) is 56.3 Å². The molecule has 0 saturated carbocycles. The van der Waals surface area contributed by atoms with Crippen molar-refractivity contribution in [1.29, 1.82) is 0 Å². The number of hydrogen-bond acceptors (Lipinski definition) is 2. The molecule has 0 saturated heterocycles. The SMILES string of the molecule is C=NC=NC(=C(/C)CCl)/C(=C/C)C(/N)=C\C=C(/C)C(C)(F)F. The minimum absolute atomic E-state index is 0.0817. The predicted octanol–water partition coefficient (Wildman–Crippen LogP) is 4.62. The first kappa shape index (κ1) is 20.2. The summed E-state index contributed by atoms with van der Waals surface area (Å²) in [5.41, 5.74) is 8.15. The van der Waals surface area contributed by atoms with E-state index in [4.69, 9.17) is 17.3 Å². The molecule has 0 rings (SSSR count). The van der Waals surface area contributed by atoms with Gasteiger partial charge in [0.05, 0.1) is 5.70 Å². The van der Waals surface area contributed by atoms with Gasteiger partial charge in [-0.3, -0.25) is 4.99 Å². The second kappa shape index (κ2) is 9.30. The monoisotopic (exact) mass is 329 g/mol. The second-order valence-corrected chi connectivity index (χ2v) is 5.02. The molecular formula is C16H22ClF2N3. The Bertz CT molecular complexity index is 550. The average molecular weight is 330 g/mol. The summed E-state index contributed by atoms with van der Waals surface area (Å²) in [6.45, 7) is 9.09. The Hall–Kier alpha value is -1.75. The van der Waals surface area contributed by atoms with Gasteiger partial charge in [-0.05, 0) is 44.7 Å². The third kappa shape index (κ3) is 6.35. The zero-order valence-corrected chi connectivity index (χ0v) is 14.1. The minimum atomic E-state index is -2.89. The van der Waals surface area contributed by atoms with Crippen molar-refractivity contribution in [3.8, 4) is 0 Å². The van der Waals surface area contributed by atoms with Crippen molar-refractivity contribution in [2.45, 2.75) is 33.6 Å². The maximum absolute atomic E-state index is 13.1. The van der Waals surface area contributed by atoms with Gasteiger partial charge >= 0.3 is 0 Å². The molecule has 0 bridgehead atoms. The first-order valence-corrected chi connectivity index (χ1v) is 7.15. The van der Waals surface area contributed by atoms with Gasteiger partial charge in [-0.2, -0.15) is 0 Å². The highest BCUT2D eigenvalue weighted by Crippen LogP contribution is 2.24. The van der Waals surface area contributed by atoms with Crippen LogP contribution >= 0.6 is 11.6 Å². The van der Waals surface area contributed by atoms with E-state index < -0.39 is 5.92 Å². The van der Waals surface area contributed by atoms with Crippen LogP contribution in [0.2, 0.25) is 0 Å². The molecule has 0 aromatic heterocycles. The number of rotatable bonds is 7. The zero-order valence-electron chi connectivity index (χ0n) is 13.3. The van der Waals surface area contributed by atoms with Crippen LogP contribution in [0.5, 0.6) is 0 Å². The van der Waals surface area contributed by atoms with Crippen LogP contribution in [0.25, 0.3) is 0 Å². The van der Waals surface area contributed by atoms with Gasteiger partial charge in [-0.25, -0.2) is 13.8 Å². The standard InChI is InChI=1S/C16H22ClF2N3/c1-6-13(15(11(2)9-17)22-10-21-5)14(20)8-7-12(3)16(4,18)19/h6-8,10H,5,9,20H2,1-4H3/b12-7+,13-6+,14-8+,15-11-,22-10?. The molecule has 0 aromatic rings. The van der Waals surface area contributed by atoms with Crippen LogP contribution in [0, 0.1) is 0 Å². The number of hydrogen-bond donors (Lipinski definition) is 1. The molecule has 0 aromatic carbocycles. The molecule has 0 unspecified atom stereocenters. The Morgan fingerprint density at radius 3 is 2.32 bits per heavy atom. The molecule has 2 N–H and O–H groups in total. The van der Waals surface area contributed by atoms with E-state index in [2.05, 4.69) is 16.7 Å². The molecule has 0 amide bonds. The fourth-order valence-electron chi connectivity index (χ4n) is 1.46. The molecule has 22 heavy (non-hydrogen) atoms. The van der Waals surface area contributed by atoms with Crippen molar-refractivity contribution in [1.82, 2.24) is 0 Å². The van der Waals surface area contributed by atoms with Gasteiger partial charge in [-0.15, -0.1) is 11.6 Å². The molecule has 0 heterocycles. The largest absolute Gasteiger partial charge is 0.398 e. The summed E-state index contributed by atoms with van der Waals surface area (Å²) in [6.07, 6.45) is 5.75. The van der Waals surface area contributed by atoms with E-state index >= 15 is 0 Å². The van der Waals surface area contributed by atoms with Crippen molar-refractivity contribution in [2.75, 3.05) is 5.88 Å². The van der Waals surface area contributed by atoms with Gasteiger partial charge in [0.1, 0.15) is 6.34 Å². The Labute approximate surface area is 135 Å². The fraction of sp³-hybridized carbons (Fsp3) is 0.375. The number of allylic oxidation sites excluding steroid dienone is 5. The summed E-state index contributed by atoms with van der Waals surface area (Å²) in [4.78, 5) is 7.72. The highest BCUT2D eigenvalue weighted by atomic mass is 35.5. The van der Waals surface area contributed by atoms with E-state index in [1.807, 2.05) is 0 Å². The van der Waals surface area contributed by atoms with Crippen molar-refractivity contribution < 1.29 is 8.78 Å². The molecule has 122 valence electrons. The van der Waals surface area contributed by atoms with Crippen molar-refractivity contribution in [3.05, 3.63) is 46.3 Å². The van der Waals surface area contributed by atoms with Gasteiger partial charge in [0, 0.05) is 24.1 Å². The third-order valence-corrected chi connectivity index (χ3v) is 3.33. The van der Waals surface area contributed by atoms with Crippen molar-refractivity contribution in [2.24, 2.45) is 15.7 Å². The molecule has 0 atom stereocenters. The van der Waals surface area contributed by atoms with E-state index in [0.717, 1.165) is 12.5 Å². The van der Waals surface area contributed by atoms with Crippen LogP contribution in [-0.4, -0.2) is 24.9 Å². The van der Waals surface area contributed by atoms with E-state index in [-0.39, 0.29) is 11.5 Å². The van der Waals surface area contributed by atoms with E-state index in [9.17, 15) is 8.78 Å². The summed E-state index contributed by atoms with van der Waals surface area (Å²) < 4.78 is 26.3. The van der Waals surface area contributed by atoms with Gasteiger partial charge in [-0.1, -0.05) is 12.2 Å². The smallest absolute Gasteiger partial charge is 0.266 e. The van der Waals surface area contributed by atoms with Gasteiger partial charge < -0.3 is 5.73 Å². The predicted molar refractivity (Wildman–Crippen MR) is 91.9 cm³/mol. The van der Waals surface area contributed by atoms with Crippen LogP contribution in [0.3, 0.4) is 0 Å². The van der Waals surface area contributed by atoms with Crippen molar-refractivity contribution >= 4 is 24.7 Å². The van der Waals surface area contributed by atoms with Gasteiger partial charge in [0.15, 0.2) is 0 Å². The van der Waals surface area contributed by atoms with E-state index in [0.29, 0.717) is 17.0 Å². The van der Waals surface area contributed by atoms with E-state index in [1.54, 1.807) is 19.9 Å². The molecule has 0 aliphatic rings.